The van der Waals surface area contributed by atoms with Gasteiger partial charge in [0, 0.05) is 13.6 Å². The van der Waals surface area contributed by atoms with Gasteiger partial charge in [-0.1, -0.05) is 13.8 Å². The molecule has 0 spiro atoms. The Hall–Kier alpha value is -1.59. The fourth-order valence-electron chi connectivity index (χ4n) is 2.21. The Balaban J connectivity index is 2.94. The number of nitrogens with zero attached hydrogens (tertiary/aromatic N) is 2. The molecule has 1 rings (SSSR count). The van der Waals surface area contributed by atoms with E-state index in [4.69, 9.17) is 0 Å². The average molecular weight is 255 g/mol. The van der Waals surface area contributed by atoms with E-state index in [2.05, 4.69) is 5.32 Å². The van der Waals surface area contributed by atoms with Crippen molar-refractivity contribution in [2.75, 3.05) is 20.1 Å². The maximum absolute atomic E-state index is 11.9. The maximum Gasteiger partial charge on any atom is 0.325 e. The Labute approximate surface area is 107 Å². The van der Waals surface area contributed by atoms with Crippen molar-refractivity contribution in [1.82, 2.24) is 15.1 Å². The number of hydrogen-bond acceptors (Lipinski definition) is 3. The Kier molecular flexibility index (Phi) is 4.32. The first-order valence-electron chi connectivity index (χ1n) is 6.29. The first kappa shape index (κ1) is 14.5. The van der Waals surface area contributed by atoms with E-state index in [9.17, 15) is 14.4 Å². The molecule has 1 aliphatic heterocycles. The van der Waals surface area contributed by atoms with Gasteiger partial charge >= 0.3 is 6.03 Å². The largest absolute Gasteiger partial charge is 0.344 e. The SMILES string of the molecule is CCN(C)C(=O)CN1C(=O)NC(=O)C1(CC)CC. The van der Waals surface area contributed by atoms with Gasteiger partial charge in [0.25, 0.3) is 5.91 Å². The number of urea groups is 1. The molecule has 1 N–H and O–H groups in total. The van der Waals surface area contributed by atoms with Gasteiger partial charge in [-0.3, -0.25) is 14.9 Å². The Bertz CT molecular complexity index is 364. The summed E-state index contributed by atoms with van der Waals surface area (Å²) in [5.41, 5.74) is -0.874. The van der Waals surface area contributed by atoms with Crippen LogP contribution in [0.15, 0.2) is 0 Å². The van der Waals surface area contributed by atoms with Gasteiger partial charge in [-0.05, 0) is 19.8 Å². The summed E-state index contributed by atoms with van der Waals surface area (Å²) in [4.78, 5) is 38.5. The molecule has 1 saturated heterocycles. The van der Waals surface area contributed by atoms with E-state index in [-0.39, 0.29) is 18.4 Å². The highest BCUT2D eigenvalue weighted by atomic mass is 16.2. The van der Waals surface area contributed by atoms with Crippen LogP contribution >= 0.6 is 0 Å². The van der Waals surface area contributed by atoms with E-state index in [0.29, 0.717) is 19.4 Å². The zero-order valence-electron chi connectivity index (χ0n) is 11.4. The van der Waals surface area contributed by atoms with Crippen LogP contribution in [0.2, 0.25) is 0 Å². The van der Waals surface area contributed by atoms with Crippen molar-refractivity contribution < 1.29 is 14.4 Å². The van der Waals surface area contributed by atoms with Crippen LogP contribution in [-0.2, 0) is 9.59 Å². The third kappa shape index (κ3) is 2.19. The number of rotatable bonds is 5. The standard InChI is InChI=1S/C12H21N3O3/c1-5-12(6-2)10(17)13-11(18)15(12)8-9(16)14(4)7-3/h5-8H2,1-4H3,(H,13,17,18). The molecule has 6 heteroatoms. The summed E-state index contributed by atoms with van der Waals surface area (Å²) >= 11 is 0. The van der Waals surface area contributed by atoms with Gasteiger partial charge in [0.05, 0.1) is 0 Å². The molecular formula is C12H21N3O3. The number of likely N-dealkylation sites (N-methyl/N-ethyl adjacent to an activating group) is 1. The van der Waals surface area contributed by atoms with Gasteiger partial charge in [0.1, 0.15) is 12.1 Å². The summed E-state index contributed by atoms with van der Waals surface area (Å²) in [6.45, 7) is 6.09. The van der Waals surface area contributed by atoms with Gasteiger partial charge in [-0.15, -0.1) is 0 Å². The number of carbonyl (C=O) groups excluding carboxylic acids is 3. The number of imide groups is 1. The van der Waals surface area contributed by atoms with Crippen LogP contribution < -0.4 is 5.32 Å². The molecule has 4 amide bonds. The van der Waals surface area contributed by atoms with Crippen molar-refractivity contribution in [2.45, 2.75) is 39.2 Å². The topological polar surface area (TPSA) is 69.7 Å². The lowest BCUT2D eigenvalue weighted by atomic mass is 9.91. The lowest BCUT2D eigenvalue weighted by Crippen LogP contribution is -2.52. The van der Waals surface area contributed by atoms with E-state index in [0.717, 1.165) is 0 Å². The van der Waals surface area contributed by atoms with Crippen LogP contribution in [0.5, 0.6) is 0 Å². The van der Waals surface area contributed by atoms with Crippen molar-refractivity contribution in [3.8, 4) is 0 Å². The molecule has 0 aromatic carbocycles. The second-order valence-corrected chi connectivity index (χ2v) is 4.49. The average Bonchev–Trinajstić information content (AvgIpc) is 2.60. The lowest BCUT2D eigenvalue weighted by Gasteiger charge is -2.33. The highest BCUT2D eigenvalue weighted by molar-refractivity contribution is 6.08. The van der Waals surface area contributed by atoms with E-state index < -0.39 is 11.6 Å². The second-order valence-electron chi connectivity index (χ2n) is 4.49. The minimum absolute atomic E-state index is 0.0520. The third-order valence-electron chi connectivity index (χ3n) is 3.77. The van der Waals surface area contributed by atoms with Crippen molar-refractivity contribution >= 4 is 17.8 Å². The molecule has 102 valence electrons. The second kappa shape index (κ2) is 5.37. The zero-order valence-corrected chi connectivity index (χ0v) is 11.4. The smallest absolute Gasteiger partial charge is 0.325 e. The summed E-state index contributed by atoms with van der Waals surface area (Å²) in [6.07, 6.45) is 1.01. The highest BCUT2D eigenvalue weighted by Gasteiger charge is 2.50. The Morgan fingerprint density at radius 3 is 2.28 bits per heavy atom. The van der Waals surface area contributed by atoms with Gasteiger partial charge in [0.2, 0.25) is 5.91 Å². The van der Waals surface area contributed by atoms with E-state index in [1.807, 2.05) is 20.8 Å². The first-order chi connectivity index (χ1) is 8.42. The molecule has 0 aromatic heterocycles. The lowest BCUT2D eigenvalue weighted by molar-refractivity contribution is -0.133. The van der Waals surface area contributed by atoms with Crippen LogP contribution in [0.25, 0.3) is 0 Å². The first-order valence-corrected chi connectivity index (χ1v) is 6.29. The zero-order chi connectivity index (χ0) is 13.9. The van der Waals surface area contributed by atoms with E-state index >= 15 is 0 Å². The van der Waals surface area contributed by atoms with E-state index in [1.165, 1.54) is 9.80 Å². The molecular weight excluding hydrogens is 234 g/mol. The molecule has 6 nitrogen and oxygen atoms in total. The Morgan fingerprint density at radius 1 is 1.28 bits per heavy atom. The fraction of sp³-hybridized carbons (Fsp3) is 0.750. The van der Waals surface area contributed by atoms with Crippen LogP contribution in [0.1, 0.15) is 33.6 Å². The monoisotopic (exact) mass is 255 g/mol. The predicted octanol–water partition coefficient (Wildman–Crippen LogP) is 0.575. The molecule has 0 atom stereocenters. The maximum atomic E-state index is 11.9. The van der Waals surface area contributed by atoms with Crippen molar-refractivity contribution in [3.05, 3.63) is 0 Å². The quantitative estimate of drug-likeness (QED) is 0.730. The molecule has 1 fully saturated rings. The van der Waals surface area contributed by atoms with Crippen LogP contribution in [0.3, 0.4) is 0 Å². The Morgan fingerprint density at radius 2 is 1.83 bits per heavy atom. The molecule has 1 heterocycles. The summed E-state index contributed by atoms with van der Waals surface area (Å²) < 4.78 is 0. The third-order valence-corrected chi connectivity index (χ3v) is 3.77. The van der Waals surface area contributed by atoms with Crippen molar-refractivity contribution in [2.24, 2.45) is 0 Å². The van der Waals surface area contributed by atoms with Gasteiger partial charge in [-0.25, -0.2) is 4.79 Å². The summed E-state index contributed by atoms with van der Waals surface area (Å²) in [5.74, 6) is -0.460. The van der Waals surface area contributed by atoms with Crippen molar-refractivity contribution in [1.29, 1.82) is 0 Å². The minimum atomic E-state index is -0.874. The number of hydrogen-bond donors (Lipinski definition) is 1. The molecule has 0 aromatic rings. The fourth-order valence-corrected chi connectivity index (χ4v) is 2.21. The molecule has 18 heavy (non-hydrogen) atoms. The van der Waals surface area contributed by atoms with Gasteiger partial charge in [0.15, 0.2) is 0 Å². The summed E-state index contributed by atoms with van der Waals surface area (Å²) in [6, 6.07) is -0.471. The van der Waals surface area contributed by atoms with E-state index in [1.54, 1.807) is 7.05 Å². The normalized spacial score (nSPS) is 17.9. The number of amides is 4. The molecule has 0 unspecified atom stereocenters. The molecule has 0 saturated carbocycles. The molecule has 1 aliphatic rings. The summed E-state index contributed by atoms with van der Waals surface area (Å²) in [5, 5.41) is 2.30. The highest BCUT2D eigenvalue weighted by Crippen LogP contribution is 2.28. The van der Waals surface area contributed by atoms with Crippen LogP contribution in [-0.4, -0.2) is 53.3 Å². The van der Waals surface area contributed by atoms with Crippen LogP contribution in [0.4, 0.5) is 4.79 Å². The van der Waals surface area contributed by atoms with Crippen molar-refractivity contribution in [3.63, 3.8) is 0 Å². The molecule has 0 bridgehead atoms. The van der Waals surface area contributed by atoms with Gasteiger partial charge in [-0.2, -0.15) is 0 Å². The number of carbonyl (C=O) groups is 3. The van der Waals surface area contributed by atoms with Crippen LogP contribution in [0, 0.1) is 0 Å². The van der Waals surface area contributed by atoms with Gasteiger partial charge < -0.3 is 9.80 Å². The molecule has 0 aliphatic carbocycles. The minimum Gasteiger partial charge on any atom is -0.344 e. The predicted molar refractivity (Wildman–Crippen MR) is 66.9 cm³/mol. The summed E-state index contributed by atoms with van der Waals surface area (Å²) in [7, 11) is 1.68. The molecule has 0 radical (unpaired) electrons. The number of nitrogens with one attached hydrogen (secondary N) is 1.